The zero-order valence-corrected chi connectivity index (χ0v) is 11.0. The highest BCUT2D eigenvalue weighted by Gasteiger charge is 2.29. The Bertz CT molecular complexity index is 553. The molecule has 2 heterocycles. The lowest BCUT2D eigenvalue weighted by molar-refractivity contribution is 0.171. The first-order chi connectivity index (χ1) is 8.43. The maximum atomic E-state index is 11.8. The van der Waals surface area contributed by atoms with E-state index in [1.807, 2.05) is 0 Å². The lowest BCUT2D eigenvalue weighted by atomic mass is 10.0. The largest absolute Gasteiger partial charge is 0.379 e. The molecule has 1 fully saturated rings. The number of hydrogen-bond donors (Lipinski definition) is 1. The smallest absolute Gasteiger partial charge is 0.330 e. The van der Waals surface area contributed by atoms with Gasteiger partial charge in [-0.3, -0.25) is 13.9 Å². The van der Waals surface area contributed by atoms with Crippen LogP contribution >= 0.6 is 0 Å². The zero-order chi connectivity index (χ0) is 13.3. The first-order valence-electron chi connectivity index (χ1n) is 6.02. The summed E-state index contributed by atoms with van der Waals surface area (Å²) < 4.78 is 7.94. The average molecular weight is 253 g/mol. The molecule has 0 amide bonds. The Morgan fingerprint density at radius 2 is 2.11 bits per heavy atom. The van der Waals surface area contributed by atoms with E-state index in [9.17, 15) is 9.59 Å². The molecule has 1 unspecified atom stereocenters. The fourth-order valence-corrected chi connectivity index (χ4v) is 2.06. The molecule has 1 aliphatic rings. The zero-order valence-electron chi connectivity index (χ0n) is 11.0. The van der Waals surface area contributed by atoms with E-state index in [4.69, 9.17) is 4.74 Å². The maximum Gasteiger partial charge on any atom is 0.330 e. The van der Waals surface area contributed by atoms with Gasteiger partial charge < -0.3 is 10.1 Å². The van der Waals surface area contributed by atoms with Crippen LogP contribution in [0.4, 0.5) is 0 Å². The van der Waals surface area contributed by atoms with Crippen molar-refractivity contribution < 1.29 is 4.74 Å². The second kappa shape index (κ2) is 4.70. The fourth-order valence-electron chi connectivity index (χ4n) is 2.06. The van der Waals surface area contributed by atoms with Crippen LogP contribution < -0.4 is 16.6 Å². The fraction of sp³-hybridized carbons (Fsp3) is 0.667. The monoisotopic (exact) mass is 253 g/mol. The Balaban J connectivity index is 2.20. The Morgan fingerprint density at radius 3 is 2.72 bits per heavy atom. The van der Waals surface area contributed by atoms with Crippen LogP contribution in [0, 0.1) is 0 Å². The summed E-state index contributed by atoms with van der Waals surface area (Å²) in [6.07, 6.45) is 0.936. The van der Waals surface area contributed by atoms with Crippen molar-refractivity contribution in [2.45, 2.75) is 25.4 Å². The van der Waals surface area contributed by atoms with Crippen LogP contribution in [-0.2, 0) is 25.4 Å². The number of ether oxygens (including phenoxy) is 1. The van der Waals surface area contributed by atoms with E-state index in [1.165, 1.54) is 17.7 Å². The molecule has 6 heteroatoms. The van der Waals surface area contributed by atoms with E-state index in [-0.39, 0.29) is 16.8 Å². The molecular formula is C12H19N3O3. The number of rotatable bonds is 3. The van der Waals surface area contributed by atoms with Crippen LogP contribution in [0.25, 0.3) is 0 Å². The highest BCUT2D eigenvalue weighted by Crippen LogP contribution is 2.17. The number of nitrogens with one attached hydrogen (secondary N) is 1. The van der Waals surface area contributed by atoms with Gasteiger partial charge in [-0.05, 0) is 13.3 Å². The molecule has 1 aliphatic heterocycles. The van der Waals surface area contributed by atoms with Gasteiger partial charge in [0.05, 0.1) is 6.61 Å². The molecule has 0 spiro atoms. The van der Waals surface area contributed by atoms with Crippen molar-refractivity contribution in [1.82, 2.24) is 14.5 Å². The van der Waals surface area contributed by atoms with E-state index < -0.39 is 0 Å². The van der Waals surface area contributed by atoms with Crippen molar-refractivity contribution in [3.8, 4) is 0 Å². The molecule has 1 aromatic heterocycles. The van der Waals surface area contributed by atoms with E-state index in [2.05, 4.69) is 12.2 Å². The third-order valence-corrected chi connectivity index (χ3v) is 3.54. The van der Waals surface area contributed by atoms with Gasteiger partial charge in [0.1, 0.15) is 0 Å². The van der Waals surface area contributed by atoms with Gasteiger partial charge in [0.15, 0.2) is 0 Å². The predicted octanol–water partition coefficient (Wildman–Crippen LogP) is -0.647. The van der Waals surface area contributed by atoms with Crippen molar-refractivity contribution in [1.29, 1.82) is 0 Å². The molecule has 100 valence electrons. The molecule has 1 saturated heterocycles. The van der Waals surface area contributed by atoms with Gasteiger partial charge in [0.25, 0.3) is 5.56 Å². The first-order valence-corrected chi connectivity index (χ1v) is 6.02. The summed E-state index contributed by atoms with van der Waals surface area (Å²) in [6, 6.07) is 1.49. The van der Waals surface area contributed by atoms with Crippen molar-refractivity contribution >= 4 is 0 Å². The number of aromatic nitrogens is 2. The number of nitrogens with zero attached hydrogens (tertiary/aromatic N) is 2. The molecule has 0 aliphatic carbocycles. The third kappa shape index (κ3) is 2.39. The molecule has 18 heavy (non-hydrogen) atoms. The highest BCUT2D eigenvalue weighted by molar-refractivity contribution is 5.03. The second-order valence-corrected chi connectivity index (χ2v) is 5.09. The Hall–Kier alpha value is -1.40. The van der Waals surface area contributed by atoms with Gasteiger partial charge in [0, 0.05) is 44.5 Å². The van der Waals surface area contributed by atoms with Crippen LogP contribution in [0.15, 0.2) is 15.7 Å². The van der Waals surface area contributed by atoms with E-state index in [0.29, 0.717) is 18.8 Å². The van der Waals surface area contributed by atoms with Gasteiger partial charge in [-0.1, -0.05) is 0 Å². The van der Waals surface area contributed by atoms with Gasteiger partial charge in [-0.15, -0.1) is 0 Å². The van der Waals surface area contributed by atoms with E-state index in [1.54, 1.807) is 7.05 Å². The van der Waals surface area contributed by atoms with E-state index >= 15 is 0 Å². The van der Waals surface area contributed by atoms with Crippen molar-refractivity contribution in [3.63, 3.8) is 0 Å². The van der Waals surface area contributed by atoms with Gasteiger partial charge in [-0.25, -0.2) is 4.79 Å². The van der Waals surface area contributed by atoms with Crippen LogP contribution in [0.5, 0.6) is 0 Å². The summed E-state index contributed by atoms with van der Waals surface area (Å²) in [6.45, 7) is 3.98. The SMILES string of the molecule is Cn1c(CNC2(C)CCOC2)cc(=O)n(C)c1=O. The molecule has 0 bridgehead atoms. The Morgan fingerprint density at radius 1 is 1.39 bits per heavy atom. The summed E-state index contributed by atoms with van der Waals surface area (Å²) in [5, 5.41) is 3.36. The normalized spacial score (nSPS) is 23.5. The summed E-state index contributed by atoms with van der Waals surface area (Å²) in [4.78, 5) is 23.3. The quantitative estimate of drug-likeness (QED) is 0.777. The molecule has 0 aromatic carbocycles. The summed E-state index contributed by atoms with van der Waals surface area (Å²) in [5.41, 5.74) is 0.0444. The minimum absolute atomic E-state index is 0.0723. The molecule has 0 radical (unpaired) electrons. The topological polar surface area (TPSA) is 65.3 Å². The average Bonchev–Trinajstić information content (AvgIpc) is 2.77. The van der Waals surface area contributed by atoms with Crippen LogP contribution in [0.3, 0.4) is 0 Å². The molecule has 1 aromatic rings. The molecule has 1 atom stereocenters. The third-order valence-electron chi connectivity index (χ3n) is 3.54. The van der Waals surface area contributed by atoms with Gasteiger partial charge in [-0.2, -0.15) is 0 Å². The van der Waals surface area contributed by atoms with Crippen LogP contribution in [0.2, 0.25) is 0 Å². The van der Waals surface area contributed by atoms with Crippen molar-refractivity contribution in [2.75, 3.05) is 13.2 Å². The maximum absolute atomic E-state index is 11.8. The highest BCUT2D eigenvalue weighted by atomic mass is 16.5. The minimum Gasteiger partial charge on any atom is -0.379 e. The lowest BCUT2D eigenvalue weighted by Crippen LogP contribution is -2.45. The van der Waals surface area contributed by atoms with Crippen LogP contribution in [0.1, 0.15) is 19.0 Å². The van der Waals surface area contributed by atoms with Crippen LogP contribution in [-0.4, -0.2) is 27.9 Å². The Kier molecular flexibility index (Phi) is 3.41. The van der Waals surface area contributed by atoms with Gasteiger partial charge >= 0.3 is 5.69 Å². The Labute approximate surface area is 105 Å². The first kappa shape index (κ1) is 13.0. The summed E-state index contributed by atoms with van der Waals surface area (Å²) >= 11 is 0. The molecule has 6 nitrogen and oxygen atoms in total. The molecule has 0 saturated carbocycles. The lowest BCUT2D eigenvalue weighted by Gasteiger charge is -2.24. The van der Waals surface area contributed by atoms with Gasteiger partial charge in [0.2, 0.25) is 0 Å². The molecule has 2 rings (SSSR count). The minimum atomic E-state index is -0.299. The summed E-state index contributed by atoms with van der Waals surface area (Å²) in [5.74, 6) is 0. The second-order valence-electron chi connectivity index (χ2n) is 5.09. The molecular weight excluding hydrogens is 234 g/mol. The molecule has 1 N–H and O–H groups in total. The predicted molar refractivity (Wildman–Crippen MR) is 67.6 cm³/mol. The van der Waals surface area contributed by atoms with Crippen molar-refractivity contribution in [3.05, 3.63) is 32.6 Å². The summed E-state index contributed by atoms with van der Waals surface area (Å²) in [7, 11) is 3.15. The van der Waals surface area contributed by atoms with E-state index in [0.717, 1.165) is 17.6 Å². The van der Waals surface area contributed by atoms with Crippen molar-refractivity contribution in [2.24, 2.45) is 14.1 Å². The number of hydrogen-bond acceptors (Lipinski definition) is 4. The standard InChI is InChI=1S/C12H19N3O3/c1-12(4-5-18-8-12)13-7-9-6-10(16)15(3)11(17)14(9)2/h6,13H,4-5,7-8H2,1-3H3.